The zero-order valence-corrected chi connectivity index (χ0v) is 13.0. The van der Waals surface area contributed by atoms with Gasteiger partial charge in [-0.15, -0.1) is 0 Å². The first-order valence-electron chi connectivity index (χ1n) is 7.23. The largest absolute Gasteiger partial charge is 0.491 e. The van der Waals surface area contributed by atoms with E-state index >= 15 is 0 Å². The first-order valence-corrected chi connectivity index (χ1v) is 7.23. The van der Waals surface area contributed by atoms with Crippen LogP contribution in [-0.4, -0.2) is 17.7 Å². The maximum absolute atomic E-state index is 11.9. The summed E-state index contributed by atoms with van der Waals surface area (Å²) in [7, 11) is 0. The molecule has 0 bridgehead atoms. The molecular weight excluding hydrogens is 276 g/mol. The predicted molar refractivity (Wildman–Crippen MR) is 88.3 cm³/mol. The average molecular weight is 296 g/mol. The van der Waals surface area contributed by atoms with Crippen molar-refractivity contribution in [3.63, 3.8) is 0 Å². The summed E-state index contributed by atoms with van der Waals surface area (Å²) in [6.45, 7) is 5.82. The third-order valence-electron chi connectivity index (χ3n) is 3.01. The van der Waals surface area contributed by atoms with E-state index in [4.69, 9.17) is 4.74 Å². The van der Waals surface area contributed by atoms with E-state index in [-0.39, 0.29) is 12.0 Å². The molecule has 1 N–H and O–H groups in total. The van der Waals surface area contributed by atoms with Crippen molar-refractivity contribution < 1.29 is 9.53 Å². The summed E-state index contributed by atoms with van der Waals surface area (Å²) in [5.74, 6) is 0.597. The number of ether oxygens (including phenoxy) is 1. The zero-order valence-electron chi connectivity index (χ0n) is 13.0. The predicted octanol–water partition coefficient (Wildman–Crippen LogP) is 3.63. The lowest BCUT2D eigenvalue weighted by Gasteiger charge is -2.10. The molecule has 4 heteroatoms. The maximum Gasteiger partial charge on any atom is 0.271 e. The molecule has 0 radical (unpaired) electrons. The van der Waals surface area contributed by atoms with Crippen molar-refractivity contribution in [1.82, 2.24) is 5.43 Å². The zero-order chi connectivity index (χ0) is 15.9. The van der Waals surface area contributed by atoms with Crippen molar-refractivity contribution in [2.75, 3.05) is 0 Å². The van der Waals surface area contributed by atoms with Gasteiger partial charge < -0.3 is 4.74 Å². The van der Waals surface area contributed by atoms with Gasteiger partial charge in [0.1, 0.15) is 5.75 Å². The molecular formula is C18H20N2O2. The van der Waals surface area contributed by atoms with Gasteiger partial charge in [-0.25, -0.2) is 5.43 Å². The Morgan fingerprint density at radius 2 is 1.64 bits per heavy atom. The molecule has 0 saturated carbocycles. The van der Waals surface area contributed by atoms with Crippen LogP contribution in [0.15, 0.2) is 59.7 Å². The Hall–Kier alpha value is -2.62. The van der Waals surface area contributed by atoms with E-state index in [9.17, 15) is 4.79 Å². The van der Waals surface area contributed by atoms with Crippen LogP contribution in [0.5, 0.6) is 5.75 Å². The van der Waals surface area contributed by atoms with Gasteiger partial charge in [-0.2, -0.15) is 5.10 Å². The normalized spacial score (nSPS) is 11.4. The van der Waals surface area contributed by atoms with Crippen molar-refractivity contribution in [3.8, 4) is 5.75 Å². The Balaban J connectivity index is 2.01. The van der Waals surface area contributed by atoms with E-state index < -0.39 is 0 Å². The number of carbonyl (C=O) groups is 1. The smallest absolute Gasteiger partial charge is 0.271 e. The van der Waals surface area contributed by atoms with Crippen LogP contribution in [-0.2, 0) is 0 Å². The summed E-state index contributed by atoms with van der Waals surface area (Å²) in [6, 6.07) is 16.6. The molecule has 0 aromatic heterocycles. The second-order valence-corrected chi connectivity index (χ2v) is 5.20. The van der Waals surface area contributed by atoms with Crippen LogP contribution in [0.3, 0.4) is 0 Å². The Morgan fingerprint density at radius 1 is 1.00 bits per heavy atom. The number of nitrogens with zero attached hydrogens (tertiary/aromatic N) is 1. The number of nitrogens with one attached hydrogen (secondary N) is 1. The van der Waals surface area contributed by atoms with Crippen molar-refractivity contribution in [3.05, 3.63) is 65.7 Å². The second kappa shape index (κ2) is 7.41. The fourth-order valence-corrected chi connectivity index (χ4v) is 1.90. The van der Waals surface area contributed by atoms with Crippen LogP contribution in [0.2, 0.25) is 0 Å². The van der Waals surface area contributed by atoms with Crippen molar-refractivity contribution >= 4 is 11.6 Å². The lowest BCUT2D eigenvalue weighted by Crippen LogP contribution is -2.19. The van der Waals surface area contributed by atoms with E-state index in [0.29, 0.717) is 5.56 Å². The van der Waals surface area contributed by atoms with Gasteiger partial charge in [-0.1, -0.05) is 18.2 Å². The minimum Gasteiger partial charge on any atom is -0.491 e. The molecule has 0 heterocycles. The molecule has 0 saturated heterocycles. The maximum atomic E-state index is 11.9. The Morgan fingerprint density at radius 3 is 2.23 bits per heavy atom. The summed E-state index contributed by atoms with van der Waals surface area (Å²) in [5, 5.41) is 4.14. The molecule has 0 unspecified atom stereocenters. The van der Waals surface area contributed by atoms with E-state index in [1.165, 1.54) is 0 Å². The lowest BCUT2D eigenvalue weighted by atomic mass is 10.1. The SMILES string of the molecule is C/C(=N/NC(=O)c1ccccc1)c1ccc(OC(C)C)cc1. The molecule has 2 aromatic rings. The van der Waals surface area contributed by atoms with Crippen molar-refractivity contribution in [2.45, 2.75) is 26.9 Å². The first kappa shape index (κ1) is 15.8. The van der Waals surface area contributed by atoms with Crippen LogP contribution < -0.4 is 10.2 Å². The molecule has 1 amide bonds. The first-order chi connectivity index (χ1) is 10.6. The van der Waals surface area contributed by atoms with Crippen LogP contribution >= 0.6 is 0 Å². The molecule has 0 aliphatic heterocycles. The number of amides is 1. The lowest BCUT2D eigenvalue weighted by molar-refractivity contribution is 0.0955. The highest BCUT2D eigenvalue weighted by Crippen LogP contribution is 2.14. The fraction of sp³-hybridized carbons (Fsp3) is 0.222. The minimum absolute atomic E-state index is 0.144. The van der Waals surface area contributed by atoms with Crippen LogP contribution in [0.4, 0.5) is 0 Å². The second-order valence-electron chi connectivity index (χ2n) is 5.20. The molecule has 22 heavy (non-hydrogen) atoms. The third-order valence-corrected chi connectivity index (χ3v) is 3.01. The van der Waals surface area contributed by atoms with Crippen LogP contribution in [0.25, 0.3) is 0 Å². The highest BCUT2D eigenvalue weighted by molar-refractivity contribution is 6.00. The molecule has 114 valence electrons. The summed E-state index contributed by atoms with van der Waals surface area (Å²) in [5.41, 5.74) is 4.82. The molecule has 0 atom stereocenters. The van der Waals surface area contributed by atoms with Gasteiger partial charge in [0, 0.05) is 5.56 Å². The van der Waals surface area contributed by atoms with Gasteiger partial charge in [-0.05, 0) is 62.7 Å². The molecule has 0 aliphatic carbocycles. The highest BCUT2D eigenvalue weighted by Gasteiger charge is 2.04. The average Bonchev–Trinajstić information content (AvgIpc) is 2.53. The van der Waals surface area contributed by atoms with Gasteiger partial charge in [0.25, 0.3) is 5.91 Å². The number of rotatable bonds is 5. The summed E-state index contributed by atoms with van der Waals surface area (Å²) >= 11 is 0. The van der Waals surface area contributed by atoms with Crippen LogP contribution in [0, 0.1) is 0 Å². The van der Waals surface area contributed by atoms with Gasteiger partial charge in [0.05, 0.1) is 11.8 Å². The van der Waals surface area contributed by atoms with E-state index in [0.717, 1.165) is 17.0 Å². The monoisotopic (exact) mass is 296 g/mol. The van der Waals surface area contributed by atoms with Gasteiger partial charge >= 0.3 is 0 Å². The number of hydrogen-bond donors (Lipinski definition) is 1. The standard InChI is InChI=1S/C18H20N2O2/c1-13(2)22-17-11-9-15(10-12-17)14(3)19-20-18(21)16-7-5-4-6-8-16/h4-13H,1-3H3,(H,20,21)/b19-14-. The molecule has 4 nitrogen and oxygen atoms in total. The fourth-order valence-electron chi connectivity index (χ4n) is 1.90. The number of carbonyl (C=O) groups excluding carboxylic acids is 1. The Kier molecular flexibility index (Phi) is 5.31. The Labute approximate surface area is 130 Å². The van der Waals surface area contributed by atoms with E-state index in [1.807, 2.05) is 63.2 Å². The van der Waals surface area contributed by atoms with Crippen molar-refractivity contribution in [1.29, 1.82) is 0 Å². The summed E-state index contributed by atoms with van der Waals surface area (Å²) in [6.07, 6.45) is 0.144. The quantitative estimate of drug-likeness (QED) is 0.676. The Bertz CT molecular complexity index is 647. The third kappa shape index (κ3) is 4.45. The number of hydrogen-bond acceptors (Lipinski definition) is 3. The summed E-state index contributed by atoms with van der Waals surface area (Å²) < 4.78 is 5.60. The molecule has 2 rings (SSSR count). The number of hydrazone groups is 1. The minimum atomic E-state index is -0.222. The molecule has 0 fully saturated rings. The molecule has 0 spiro atoms. The number of benzene rings is 2. The van der Waals surface area contributed by atoms with Crippen molar-refractivity contribution in [2.24, 2.45) is 5.10 Å². The highest BCUT2D eigenvalue weighted by atomic mass is 16.5. The van der Waals surface area contributed by atoms with Crippen LogP contribution in [0.1, 0.15) is 36.7 Å². The molecule has 0 aliphatic rings. The van der Waals surface area contributed by atoms with Gasteiger partial charge in [0.15, 0.2) is 0 Å². The van der Waals surface area contributed by atoms with Gasteiger partial charge in [0.2, 0.25) is 0 Å². The summed E-state index contributed by atoms with van der Waals surface area (Å²) in [4.78, 5) is 11.9. The molecule has 2 aromatic carbocycles. The van der Waals surface area contributed by atoms with E-state index in [1.54, 1.807) is 12.1 Å². The van der Waals surface area contributed by atoms with E-state index in [2.05, 4.69) is 10.5 Å². The van der Waals surface area contributed by atoms with Gasteiger partial charge in [-0.3, -0.25) is 4.79 Å². The topological polar surface area (TPSA) is 50.7 Å².